The predicted octanol–water partition coefficient (Wildman–Crippen LogP) is 3.87. The Kier molecular flexibility index (Phi) is 5.07. The van der Waals surface area contributed by atoms with Gasteiger partial charge >= 0.3 is 6.03 Å². The highest BCUT2D eigenvalue weighted by atomic mass is 35.5. The number of imidazole rings is 1. The van der Waals surface area contributed by atoms with E-state index in [2.05, 4.69) is 15.6 Å². The molecule has 0 radical (unpaired) electrons. The van der Waals surface area contributed by atoms with E-state index in [1.165, 1.54) is 0 Å². The lowest BCUT2D eigenvalue weighted by Gasteiger charge is -2.36. The van der Waals surface area contributed by atoms with Crippen LogP contribution in [-0.2, 0) is 11.4 Å². The number of rotatable bonds is 1. The first-order valence-corrected chi connectivity index (χ1v) is 9.17. The first-order valence-electron chi connectivity index (χ1n) is 9.17. The highest BCUT2D eigenvalue weighted by Gasteiger charge is 2.31. The number of nitrogens with zero attached hydrogens (tertiary/aromatic N) is 4. The van der Waals surface area contributed by atoms with Crippen molar-refractivity contribution < 1.29 is 9.53 Å². The number of carbonyl (C=O) groups excluding carboxylic acids is 1. The molecule has 2 aliphatic rings. The summed E-state index contributed by atoms with van der Waals surface area (Å²) in [6, 6.07) is 18.1. The number of hydrogen-bond donors (Lipinski definition) is 0. The number of amides is 2. The molecule has 6 nitrogen and oxygen atoms in total. The highest BCUT2D eigenvalue weighted by Crippen LogP contribution is 2.38. The number of urea groups is 1. The summed E-state index contributed by atoms with van der Waals surface area (Å²) < 4.78 is 7.52. The Hall–Kier alpha value is -2.83. The van der Waals surface area contributed by atoms with Crippen LogP contribution in [0.3, 0.4) is 0 Å². The molecule has 0 unspecified atom stereocenters. The number of anilines is 1. The van der Waals surface area contributed by atoms with Gasteiger partial charge in [0.05, 0.1) is 30.8 Å². The monoisotopic (exact) mass is 396 g/mol. The van der Waals surface area contributed by atoms with Crippen LogP contribution < -0.4 is 4.90 Å². The predicted molar refractivity (Wildman–Crippen MR) is 111 cm³/mol. The van der Waals surface area contributed by atoms with Crippen LogP contribution in [0, 0.1) is 0 Å². The zero-order chi connectivity index (χ0) is 18.2. The van der Waals surface area contributed by atoms with Crippen LogP contribution in [-0.4, -0.2) is 46.8 Å². The van der Waals surface area contributed by atoms with Gasteiger partial charge in [0, 0.05) is 24.2 Å². The summed E-state index contributed by atoms with van der Waals surface area (Å²) in [4.78, 5) is 21.6. The molecule has 0 N–H and O–H groups in total. The maximum Gasteiger partial charge on any atom is 0.326 e. The van der Waals surface area contributed by atoms with Crippen LogP contribution in [0.4, 0.5) is 10.5 Å². The number of para-hydroxylation sites is 1. The second-order valence-corrected chi connectivity index (χ2v) is 6.73. The largest absolute Gasteiger partial charge is 0.378 e. The van der Waals surface area contributed by atoms with E-state index >= 15 is 0 Å². The fourth-order valence-electron chi connectivity index (χ4n) is 3.78. The van der Waals surface area contributed by atoms with Crippen LogP contribution >= 0.6 is 12.4 Å². The summed E-state index contributed by atoms with van der Waals surface area (Å²) >= 11 is 0. The summed E-state index contributed by atoms with van der Waals surface area (Å²) in [6.07, 6.45) is 1.90. The third-order valence-corrected chi connectivity index (χ3v) is 5.15. The summed E-state index contributed by atoms with van der Waals surface area (Å²) in [5.74, 6) is 0.875. The molecule has 1 saturated heterocycles. The van der Waals surface area contributed by atoms with Crippen LogP contribution in [0.2, 0.25) is 0 Å². The number of aromatic nitrogens is 2. The zero-order valence-electron chi connectivity index (χ0n) is 15.3. The average Bonchev–Trinajstić information content (AvgIpc) is 3.18. The lowest BCUT2D eigenvalue weighted by Crippen LogP contribution is -2.49. The topological polar surface area (TPSA) is 50.6 Å². The quantitative estimate of drug-likeness (QED) is 0.627. The molecule has 2 aromatic carbocycles. The van der Waals surface area contributed by atoms with Gasteiger partial charge in [0.25, 0.3) is 0 Å². The minimum absolute atomic E-state index is 0. The van der Waals surface area contributed by atoms with Crippen molar-refractivity contribution in [2.45, 2.75) is 6.67 Å². The molecule has 1 fully saturated rings. The number of hydrogen-bond acceptors (Lipinski definition) is 3. The molecule has 5 rings (SSSR count). The molecule has 2 amide bonds. The van der Waals surface area contributed by atoms with Crippen molar-refractivity contribution in [2.24, 2.45) is 0 Å². The summed E-state index contributed by atoms with van der Waals surface area (Å²) in [6.45, 7) is 2.88. The van der Waals surface area contributed by atoms with Crippen LogP contribution in [0.15, 0.2) is 60.8 Å². The van der Waals surface area contributed by atoms with Gasteiger partial charge in [-0.05, 0) is 6.07 Å². The highest BCUT2D eigenvalue weighted by molar-refractivity contribution is 5.97. The van der Waals surface area contributed by atoms with Gasteiger partial charge in [-0.2, -0.15) is 0 Å². The van der Waals surface area contributed by atoms with Crippen molar-refractivity contribution in [1.82, 2.24) is 14.5 Å². The number of benzene rings is 2. The van der Waals surface area contributed by atoms with Crippen LogP contribution in [0.25, 0.3) is 22.6 Å². The van der Waals surface area contributed by atoms with Crippen molar-refractivity contribution in [3.05, 3.63) is 60.8 Å². The molecule has 2 aliphatic heterocycles. The molecule has 7 heteroatoms. The van der Waals surface area contributed by atoms with E-state index in [0.717, 1.165) is 28.3 Å². The molecular weight excluding hydrogens is 376 g/mol. The van der Waals surface area contributed by atoms with Crippen molar-refractivity contribution in [3.8, 4) is 22.6 Å². The maximum absolute atomic E-state index is 13.3. The lowest BCUT2D eigenvalue weighted by atomic mass is 10.1. The smallest absolute Gasteiger partial charge is 0.326 e. The van der Waals surface area contributed by atoms with Crippen LogP contribution in [0.5, 0.6) is 0 Å². The van der Waals surface area contributed by atoms with E-state index in [0.29, 0.717) is 33.0 Å². The van der Waals surface area contributed by atoms with Gasteiger partial charge in [-0.25, -0.2) is 9.78 Å². The van der Waals surface area contributed by atoms with E-state index in [-0.39, 0.29) is 18.4 Å². The van der Waals surface area contributed by atoms with Gasteiger partial charge in [-0.15, -0.1) is 12.4 Å². The van der Waals surface area contributed by atoms with Gasteiger partial charge in [0.2, 0.25) is 0 Å². The molecule has 0 aliphatic carbocycles. The molecule has 144 valence electrons. The molecule has 3 aromatic rings. The summed E-state index contributed by atoms with van der Waals surface area (Å²) in [7, 11) is 0. The van der Waals surface area contributed by atoms with Gasteiger partial charge < -0.3 is 14.2 Å². The van der Waals surface area contributed by atoms with E-state index in [1.54, 1.807) is 0 Å². The standard InChI is InChI=1S/C21H20N4O2.ClH/c26-21(23-10-12-27-13-11-23)25-15-24-19(17-8-4-5-9-18(17)25)14-22-20(24)16-6-2-1-3-7-16;/h1-9,14H,10-13,15H2;1H. The molecule has 0 saturated carbocycles. The second-order valence-electron chi connectivity index (χ2n) is 6.73. The van der Waals surface area contributed by atoms with Gasteiger partial charge in [0.15, 0.2) is 0 Å². The Labute approximate surface area is 169 Å². The molecule has 28 heavy (non-hydrogen) atoms. The number of fused-ring (bicyclic) bond motifs is 3. The summed E-state index contributed by atoms with van der Waals surface area (Å²) in [5.41, 5.74) is 4.04. The minimum atomic E-state index is 0. The second kappa shape index (κ2) is 7.66. The fourth-order valence-corrected chi connectivity index (χ4v) is 3.78. The van der Waals surface area contributed by atoms with Gasteiger partial charge in [-0.3, -0.25) is 4.90 Å². The average molecular weight is 397 g/mol. The Balaban J connectivity index is 0.00000192. The van der Waals surface area contributed by atoms with Gasteiger partial charge in [0.1, 0.15) is 12.5 Å². The van der Waals surface area contributed by atoms with Crippen molar-refractivity contribution >= 4 is 24.1 Å². The zero-order valence-corrected chi connectivity index (χ0v) is 16.1. The van der Waals surface area contributed by atoms with E-state index < -0.39 is 0 Å². The SMILES string of the molecule is Cl.O=C(N1CCOCC1)N1Cn2c(cnc2-c2ccccc2)-c2ccccc21. The maximum atomic E-state index is 13.3. The molecule has 1 aromatic heterocycles. The van der Waals surface area contributed by atoms with Crippen molar-refractivity contribution in [3.63, 3.8) is 0 Å². The molecule has 3 heterocycles. The fraction of sp³-hybridized carbons (Fsp3) is 0.238. The molecule has 0 bridgehead atoms. The Bertz CT molecular complexity index is 970. The number of halogens is 1. The number of carbonyl (C=O) groups is 1. The minimum Gasteiger partial charge on any atom is -0.378 e. The van der Waals surface area contributed by atoms with E-state index in [1.807, 2.05) is 64.5 Å². The Morgan fingerprint density at radius 1 is 0.964 bits per heavy atom. The van der Waals surface area contributed by atoms with Gasteiger partial charge in [-0.1, -0.05) is 48.5 Å². The van der Waals surface area contributed by atoms with E-state index in [9.17, 15) is 4.79 Å². The third kappa shape index (κ3) is 3.04. The number of morpholine rings is 1. The third-order valence-electron chi connectivity index (χ3n) is 5.15. The van der Waals surface area contributed by atoms with Crippen LogP contribution in [0.1, 0.15) is 0 Å². The normalized spacial score (nSPS) is 15.4. The summed E-state index contributed by atoms with van der Waals surface area (Å²) in [5, 5.41) is 0. The number of ether oxygens (including phenoxy) is 1. The van der Waals surface area contributed by atoms with E-state index in [4.69, 9.17) is 4.74 Å². The molecule has 0 spiro atoms. The molecule has 0 atom stereocenters. The first kappa shape index (κ1) is 18.5. The molecular formula is C21H21ClN4O2. The Morgan fingerprint density at radius 3 is 2.46 bits per heavy atom. The lowest BCUT2D eigenvalue weighted by molar-refractivity contribution is 0.0545. The van der Waals surface area contributed by atoms with Crippen molar-refractivity contribution in [1.29, 1.82) is 0 Å². The first-order chi connectivity index (χ1) is 13.3. The van der Waals surface area contributed by atoms with Crippen molar-refractivity contribution in [2.75, 3.05) is 31.2 Å². The Morgan fingerprint density at radius 2 is 1.68 bits per heavy atom.